The van der Waals surface area contributed by atoms with E-state index >= 15 is 0 Å². The molecular weight excluding hydrogens is 183 g/mol. The number of hydrogen-bond donors (Lipinski definition) is 2. The van der Waals surface area contributed by atoms with Crippen LogP contribution in [0.2, 0.25) is 0 Å². The molecule has 58 valence electrons. The van der Waals surface area contributed by atoms with Crippen molar-refractivity contribution in [2.75, 3.05) is 5.75 Å². The molecule has 0 saturated carbocycles. The second-order valence-electron chi connectivity index (χ2n) is 2.54. The van der Waals surface area contributed by atoms with Crippen LogP contribution in [0.25, 0.3) is 0 Å². The van der Waals surface area contributed by atoms with Crippen molar-refractivity contribution in [1.82, 2.24) is 0 Å². The summed E-state index contributed by atoms with van der Waals surface area (Å²) in [6.07, 6.45) is 0. The molecule has 0 aromatic heterocycles. The summed E-state index contributed by atoms with van der Waals surface area (Å²) in [4.78, 5) is 0. The predicted molar refractivity (Wildman–Crippen MR) is 46.6 cm³/mol. The van der Waals surface area contributed by atoms with Crippen molar-refractivity contribution in [2.24, 2.45) is 0 Å². The van der Waals surface area contributed by atoms with E-state index in [2.05, 4.69) is 12.6 Å². The summed E-state index contributed by atoms with van der Waals surface area (Å²) in [6, 6.07) is 0. The molecule has 0 amide bonds. The molecule has 0 aliphatic carbocycles. The van der Waals surface area contributed by atoms with Gasteiger partial charge in [-0.25, -0.2) is 0 Å². The molecule has 0 unspecified atom stereocenters. The maximum atomic E-state index is 10.2. The van der Waals surface area contributed by atoms with Gasteiger partial charge in [0.1, 0.15) is 0 Å². The van der Waals surface area contributed by atoms with Gasteiger partial charge in [-0.15, -0.1) is 0 Å². The van der Waals surface area contributed by atoms with Gasteiger partial charge in [-0.2, -0.15) is 21.0 Å². The summed E-state index contributed by atoms with van der Waals surface area (Å²) >= 11 is 3.91. The van der Waals surface area contributed by atoms with Crippen LogP contribution in [0.3, 0.4) is 0 Å². The predicted octanol–water partition coefficient (Wildman–Crippen LogP) is -0.0659. The zero-order chi connectivity index (χ0) is 7.71. The summed E-state index contributed by atoms with van der Waals surface area (Å²) in [7, 11) is -3.86. The van der Waals surface area contributed by atoms with Crippen molar-refractivity contribution in [3.8, 4) is 0 Å². The van der Waals surface area contributed by atoms with Gasteiger partial charge in [-0.05, 0) is 13.8 Å². The van der Waals surface area contributed by atoms with E-state index in [4.69, 9.17) is 4.55 Å². The molecule has 3 nitrogen and oxygen atoms in total. The molecule has 10 heavy (non-hydrogen) atoms. The minimum atomic E-state index is -3.86. The fourth-order valence-electron chi connectivity index (χ4n) is 0.446. The van der Waals surface area contributed by atoms with Crippen LogP contribution in [0.5, 0.6) is 0 Å². The summed E-state index contributed by atoms with van der Waals surface area (Å²) in [5.41, 5.74) is 0. The van der Waals surface area contributed by atoms with Gasteiger partial charge in [0, 0.05) is 4.75 Å². The van der Waals surface area contributed by atoms with Gasteiger partial charge in [0.15, 0.2) is 0 Å². The molecule has 0 atom stereocenters. The monoisotopic (exact) mass is 194 g/mol. The second kappa shape index (κ2) is 4.33. The van der Waals surface area contributed by atoms with E-state index in [1.165, 1.54) is 0 Å². The van der Waals surface area contributed by atoms with Crippen LogP contribution in [0.4, 0.5) is 0 Å². The number of rotatable bonds is 2. The summed E-state index contributed by atoms with van der Waals surface area (Å²) < 4.78 is 27.9. The fourth-order valence-corrected chi connectivity index (χ4v) is 1.83. The normalized spacial score (nSPS) is 12.4. The SMILES string of the molecule is CC(C)(S)CS(=O)(=O)O.[NaH]. The molecule has 0 spiro atoms. The van der Waals surface area contributed by atoms with Gasteiger partial charge in [0.2, 0.25) is 0 Å². The van der Waals surface area contributed by atoms with Crippen LogP contribution in [0, 0.1) is 0 Å². The Morgan fingerprint density at radius 2 is 1.80 bits per heavy atom. The molecule has 0 bridgehead atoms. The van der Waals surface area contributed by atoms with E-state index in [9.17, 15) is 8.42 Å². The Morgan fingerprint density at radius 1 is 1.50 bits per heavy atom. The van der Waals surface area contributed by atoms with Gasteiger partial charge in [0.05, 0.1) is 5.75 Å². The van der Waals surface area contributed by atoms with Crippen molar-refractivity contribution in [3.05, 3.63) is 0 Å². The molecule has 1 N–H and O–H groups in total. The third kappa shape index (κ3) is 12.0. The third-order valence-corrected chi connectivity index (χ3v) is 1.99. The fraction of sp³-hybridized carbons (Fsp3) is 1.00. The summed E-state index contributed by atoms with van der Waals surface area (Å²) in [6.45, 7) is 3.23. The Balaban J connectivity index is 0. The molecule has 0 aromatic rings. The van der Waals surface area contributed by atoms with E-state index < -0.39 is 14.9 Å². The van der Waals surface area contributed by atoms with E-state index in [-0.39, 0.29) is 35.3 Å². The standard InChI is InChI=1S/C4H10O3S2.Na.H/c1-4(2,8)3-9(5,6)7;;/h8H,3H2,1-2H3,(H,5,6,7);;. The van der Waals surface area contributed by atoms with Crippen LogP contribution in [0.15, 0.2) is 0 Å². The van der Waals surface area contributed by atoms with Gasteiger partial charge >= 0.3 is 29.6 Å². The average Bonchev–Trinajstić information content (AvgIpc) is 1.14. The molecule has 0 rings (SSSR count). The van der Waals surface area contributed by atoms with Gasteiger partial charge < -0.3 is 0 Å². The number of hydrogen-bond acceptors (Lipinski definition) is 3. The third-order valence-electron chi connectivity index (χ3n) is 0.536. The molecule has 6 heteroatoms. The quantitative estimate of drug-likeness (QED) is 0.368. The molecule has 0 aliphatic rings. The van der Waals surface area contributed by atoms with Crippen molar-refractivity contribution in [3.63, 3.8) is 0 Å². The Morgan fingerprint density at radius 3 is 1.80 bits per heavy atom. The van der Waals surface area contributed by atoms with Crippen molar-refractivity contribution >= 4 is 52.3 Å². The zero-order valence-electron chi connectivity index (χ0n) is 5.33. The molecule has 0 heterocycles. The zero-order valence-corrected chi connectivity index (χ0v) is 7.04. The maximum absolute atomic E-state index is 10.2. The van der Waals surface area contributed by atoms with Crippen molar-refractivity contribution in [1.29, 1.82) is 0 Å². The summed E-state index contributed by atoms with van der Waals surface area (Å²) in [5.74, 6) is -0.316. The van der Waals surface area contributed by atoms with Crippen LogP contribution in [-0.4, -0.2) is 53.0 Å². The first-order chi connectivity index (χ1) is 3.71. The molecular formula is C4H11NaO3S2. The molecule has 0 aromatic carbocycles. The molecule has 0 aliphatic heterocycles. The molecule has 0 saturated heterocycles. The number of thiol groups is 1. The summed E-state index contributed by atoms with van der Waals surface area (Å²) in [5, 5.41) is 0. The topological polar surface area (TPSA) is 54.4 Å². The van der Waals surface area contributed by atoms with Crippen LogP contribution in [-0.2, 0) is 10.1 Å². The Hall–Kier alpha value is 1.26. The average molecular weight is 194 g/mol. The molecule has 0 fully saturated rings. The first-order valence-electron chi connectivity index (χ1n) is 2.38. The Kier molecular flexibility index (Phi) is 5.98. The first kappa shape index (κ1) is 13.8. The Bertz CT molecular complexity index is 179. The van der Waals surface area contributed by atoms with Crippen LogP contribution in [0.1, 0.15) is 13.8 Å². The van der Waals surface area contributed by atoms with E-state index in [0.717, 1.165) is 0 Å². The van der Waals surface area contributed by atoms with Gasteiger partial charge in [-0.3, -0.25) is 4.55 Å². The van der Waals surface area contributed by atoms with Crippen LogP contribution < -0.4 is 0 Å². The van der Waals surface area contributed by atoms with E-state index in [1.807, 2.05) is 0 Å². The second-order valence-corrected chi connectivity index (χ2v) is 5.20. The van der Waals surface area contributed by atoms with Gasteiger partial charge in [-0.1, -0.05) is 0 Å². The van der Waals surface area contributed by atoms with Gasteiger partial charge in [0.25, 0.3) is 10.1 Å². The van der Waals surface area contributed by atoms with E-state index in [1.54, 1.807) is 13.8 Å². The van der Waals surface area contributed by atoms with Crippen molar-refractivity contribution in [2.45, 2.75) is 18.6 Å². The van der Waals surface area contributed by atoms with Crippen LogP contribution >= 0.6 is 12.6 Å². The first-order valence-corrected chi connectivity index (χ1v) is 4.44. The molecule has 0 radical (unpaired) electrons. The Labute approximate surface area is 89.0 Å². The minimum absolute atomic E-state index is 0. The van der Waals surface area contributed by atoms with Crippen molar-refractivity contribution < 1.29 is 13.0 Å². The van der Waals surface area contributed by atoms with E-state index in [0.29, 0.717) is 0 Å².